The molecule has 1 unspecified atom stereocenters. The second-order valence-corrected chi connectivity index (χ2v) is 4.18. The van der Waals surface area contributed by atoms with Crippen molar-refractivity contribution in [2.75, 3.05) is 0 Å². The fourth-order valence-corrected chi connectivity index (χ4v) is 1.94. The predicted octanol–water partition coefficient (Wildman–Crippen LogP) is 4.68. The Bertz CT molecular complexity index is 133. The van der Waals surface area contributed by atoms with E-state index in [1.54, 1.807) is 6.92 Å². The van der Waals surface area contributed by atoms with E-state index in [4.69, 9.17) is 0 Å². The van der Waals surface area contributed by atoms with Gasteiger partial charge in [0.2, 0.25) is 0 Å². The van der Waals surface area contributed by atoms with Crippen LogP contribution in [0.3, 0.4) is 0 Å². The summed E-state index contributed by atoms with van der Waals surface area (Å²) in [5.74, 6) is 0.124. The quantitative estimate of drug-likeness (QED) is 0.615. The molecule has 0 heterocycles. The summed E-state index contributed by atoms with van der Waals surface area (Å²) in [6.07, 6.45) is 2.40. The van der Waals surface area contributed by atoms with Gasteiger partial charge < -0.3 is 0 Å². The van der Waals surface area contributed by atoms with Crippen molar-refractivity contribution in [3.8, 4) is 0 Å². The van der Waals surface area contributed by atoms with Gasteiger partial charge in [0.15, 0.2) is 0 Å². The lowest BCUT2D eigenvalue weighted by molar-refractivity contribution is 0.0701. The second-order valence-electron chi connectivity index (χ2n) is 4.18. The molecule has 2 heteroatoms. The van der Waals surface area contributed by atoms with Crippen molar-refractivity contribution in [3.63, 3.8) is 0 Å². The third kappa shape index (κ3) is 4.39. The van der Waals surface area contributed by atoms with Gasteiger partial charge in [0.05, 0.1) is 0 Å². The van der Waals surface area contributed by atoms with Crippen LogP contribution in [0.4, 0.5) is 8.78 Å². The molecule has 14 heavy (non-hydrogen) atoms. The minimum absolute atomic E-state index is 0.124. The van der Waals surface area contributed by atoms with Crippen molar-refractivity contribution in [1.82, 2.24) is 0 Å². The summed E-state index contributed by atoms with van der Waals surface area (Å²) in [5.41, 5.74) is -1.02. The molecule has 1 aliphatic carbocycles. The molecular formula is C12H24F2. The molecule has 0 bridgehead atoms. The molecule has 0 radical (unpaired) electrons. The van der Waals surface area contributed by atoms with Gasteiger partial charge in [-0.3, -0.25) is 0 Å². The third-order valence-electron chi connectivity index (χ3n) is 2.97. The normalized spacial score (nSPS) is 34.3. The molecule has 1 aliphatic rings. The Morgan fingerprint density at radius 2 is 1.71 bits per heavy atom. The first-order valence-electron chi connectivity index (χ1n) is 5.88. The average Bonchev–Trinajstić information content (AvgIpc) is 2.20. The molecule has 86 valence electrons. The molecule has 0 aromatic carbocycles. The standard InChI is InChI=1S/C10H18F2.C2H6/c1-3-9(11)8-4-6-10(2,12)7-5-8;1-2/h8-9H,3-7H2,1-2H3;1-2H3. The molecule has 0 nitrogen and oxygen atoms in total. The lowest BCUT2D eigenvalue weighted by atomic mass is 9.78. The monoisotopic (exact) mass is 206 g/mol. The van der Waals surface area contributed by atoms with E-state index in [-0.39, 0.29) is 5.92 Å². The highest BCUT2D eigenvalue weighted by atomic mass is 19.1. The van der Waals surface area contributed by atoms with Crippen LogP contribution in [-0.2, 0) is 0 Å². The van der Waals surface area contributed by atoms with Crippen LogP contribution in [0.1, 0.15) is 59.8 Å². The fourth-order valence-electron chi connectivity index (χ4n) is 1.94. The Labute approximate surface area is 87.1 Å². The van der Waals surface area contributed by atoms with Crippen molar-refractivity contribution in [3.05, 3.63) is 0 Å². The first kappa shape index (κ1) is 13.9. The van der Waals surface area contributed by atoms with Gasteiger partial charge in [0.1, 0.15) is 11.8 Å². The number of hydrogen-bond donors (Lipinski definition) is 0. The van der Waals surface area contributed by atoms with Crippen LogP contribution in [0.5, 0.6) is 0 Å². The topological polar surface area (TPSA) is 0 Å². The zero-order valence-corrected chi connectivity index (χ0v) is 9.95. The van der Waals surface area contributed by atoms with Crippen molar-refractivity contribution >= 4 is 0 Å². The van der Waals surface area contributed by atoms with E-state index in [1.807, 2.05) is 20.8 Å². The van der Waals surface area contributed by atoms with Crippen molar-refractivity contribution in [1.29, 1.82) is 0 Å². The molecule has 0 amide bonds. The van der Waals surface area contributed by atoms with E-state index in [0.717, 1.165) is 12.8 Å². The van der Waals surface area contributed by atoms with E-state index >= 15 is 0 Å². The van der Waals surface area contributed by atoms with Crippen LogP contribution in [-0.4, -0.2) is 11.8 Å². The Balaban J connectivity index is 0.000000791. The fraction of sp³-hybridized carbons (Fsp3) is 1.00. The second kappa shape index (κ2) is 6.36. The molecule has 1 fully saturated rings. The number of hydrogen-bond acceptors (Lipinski definition) is 0. The van der Waals surface area contributed by atoms with Gasteiger partial charge >= 0.3 is 0 Å². The minimum Gasteiger partial charge on any atom is -0.247 e. The van der Waals surface area contributed by atoms with Crippen LogP contribution in [0.15, 0.2) is 0 Å². The van der Waals surface area contributed by atoms with Gasteiger partial charge in [-0.1, -0.05) is 20.8 Å². The number of alkyl halides is 2. The lowest BCUT2D eigenvalue weighted by Gasteiger charge is -2.32. The molecule has 0 saturated heterocycles. The minimum atomic E-state index is -1.02. The first-order chi connectivity index (χ1) is 6.55. The largest absolute Gasteiger partial charge is 0.247 e. The van der Waals surface area contributed by atoms with E-state index in [0.29, 0.717) is 19.3 Å². The van der Waals surface area contributed by atoms with Crippen LogP contribution in [0.25, 0.3) is 0 Å². The molecule has 1 saturated carbocycles. The van der Waals surface area contributed by atoms with Gasteiger partial charge in [-0.25, -0.2) is 8.78 Å². The third-order valence-corrected chi connectivity index (χ3v) is 2.97. The molecule has 0 aromatic rings. The van der Waals surface area contributed by atoms with Crippen LogP contribution in [0.2, 0.25) is 0 Å². The molecule has 1 atom stereocenters. The number of halogens is 2. The summed E-state index contributed by atoms with van der Waals surface area (Å²) < 4.78 is 26.4. The first-order valence-corrected chi connectivity index (χ1v) is 5.88. The van der Waals surface area contributed by atoms with Gasteiger partial charge in [0.25, 0.3) is 0 Å². The Morgan fingerprint density at radius 3 is 2.07 bits per heavy atom. The molecule has 0 aliphatic heterocycles. The van der Waals surface area contributed by atoms with E-state index in [2.05, 4.69) is 0 Å². The average molecular weight is 206 g/mol. The van der Waals surface area contributed by atoms with Crippen molar-refractivity contribution in [2.45, 2.75) is 71.6 Å². The lowest BCUT2D eigenvalue weighted by Crippen LogP contribution is -2.29. The molecule has 0 spiro atoms. The maximum Gasteiger partial charge on any atom is 0.108 e. The zero-order chi connectivity index (χ0) is 11.2. The SMILES string of the molecule is CC.CCC(F)C1CCC(C)(F)CC1. The van der Waals surface area contributed by atoms with Gasteiger partial charge in [-0.15, -0.1) is 0 Å². The highest BCUT2D eigenvalue weighted by Crippen LogP contribution is 2.37. The summed E-state index contributed by atoms with van der Waals surface area (Å²) >= 11 is 0. The summed E-state index contributed by atoms with van der Waals surface area (Å²) in [5, 5.41) is 0. The van der Waals surface area contributed by atoms with Crippen LogP contribution in [0, 0.1) is 5.92 Å². The van der Waals surface area contributed by atoms with Crippen LogP contribution >= 0.6 is 0 Å². The molecule has 0 N–H and O–H groups in total. The van der Waals surface area contributed by atoms with Crippen molar-refractivity contribution in [2.24, 2.45) is 5.92 Å². The predicted molar refractivity (Wildman–Crippen MR) is 58.0 cm³/mol. The van der Waals surface area contributed by atoms with Crippen molar-refractivity contribution < 1.29 is 8.78 Å². The highest BCUT2D eigenvalue weighted by molar-refractivity contribution is 4.84. The van der Waals surface area contributed by atoms with E-state index in [1.165, 1.54) is 0 Å². The summed E-state index contributed by atoms with van der Waals surface area (Å²) in [4.78, 5) is 0. The molecule has 0 aromatic heterocycles. The Morgan fingerprint density at radius 1 is 1.29 bits per heavy atom. The molecular weight excluding hydrogens is 182 g/mol. The molecule has 1 rings (SSSR count). The smallest absolute Gasteiger partial charge is 0.108 e. The van der Waals surface area contributed by atoms with Gasteiger partial charge in [-0.05, 0) is 44.9 Å². The maximum absolute atomic E-state index is 13.3. The summed E-state index contributed by atoms with van der Waals surface area (Å²) in [6.45, 7) is 7.48. The van der Waals surface area contributed by atoms with E-state index < -0.39 is 11.8 Å². The summed E-state index contributed by atoms with van der Waals surface area (Å²) in [6, 6.07) is 0. The zero-order valence-electron chi connectivity index (χ0n) is 9.95. The van der Waals surface area contributed by atoms with Gasteiger partial charge in [0, 0.05) is 0 Å². The van der Waals surface area contributed by atoms with Crippen LogP contribution < -0.4 is 0 Å². The Hall–Kier alpha value is -0.140. The highest BCUT2D eigenvalue weighted by Gasteiger charge is 2.33. The summed E-state index contributed by atoms with van der Waals surface area (Å²) in [7, 11) is 0. The maximum atomic E-state index is 13.3. The van der Waals surface area contributed by atoms with E-state index in [9.17, 15) is 8.78 Å². The Kier molecular flexibility index (Phi) is 6.30. The van der Waals surface area contributed by atoms with Gasteiger partial charge in [-0.2, -0.15) is 0 Å². The number of rotatable bonds is 2.